The van der Waals surface area contributed by atoms with E-state index in [1.807, 2.05) is 51.0 Å². The molecule has 0 radical (unpaired) electrons. The van der Waals surface area contributed by atoms with E-state index in [2.05, 4.69) is 10.5 Å². The normalized spacial score (nSPS) is 19.1. The highest BCUT2D eigenvalue weighted by molar-refractivity contribution is 5.90. The number of rotatable bonds is 6. The first-order valence-corrected chi connectivity index (χ1v) is 11.8. The van der Waals surface area contributed by atoms with Crippen LogP contribution in [-0.2, 0) is 11.2 Å². The maximum atomic E-state index is 13.2. The highest BCUT2D eigenvalue weighted by Gasteiger charge is 2.32. The van der Waals surface area contributed by atoms with Gasteiger partial charge in [-0.2, -0.15) is 0 Å². The molecule has 3 atom stereocenters. The number of benzene rings is 1. The number of hydrogen-bond donors (Lipinski definition) is 2. The minimum atomic E-state index is -0.390. The summed E-state index contributed by atoms with van der Waals surface area (Å²) in [7, 11) is 5.58. The molecule has 0 aliphatic carbocycles. The molecule has 0 saturated heterocycles. The number of fused-ring (bicyclic) bond motifs is 1. The number of carbonyl (C=O) groups excluding carboxylic acids is 2. The lowest BCUT2D eigenvalue weighted by molar-refractivity contribution is -0.134. The van der Waals surface area contributed by atoms with Crippen molar-refractivity contribution < 1.29 is 24.0 Å². The molecule has 2 heterocycles. The van der Waals surface area contributed by atoms with Crippen molar-refractivity contribution in [1.29, 1.82) is 0 Å². The minimum absolute atomic E-state index is 0.0655. The van der Waals surface area contributed by atoms with Crippen LogP contribution in [0.15, 0.2) is 22.7 Å². The number of aliphatic hydroxyl groups excluding tert-OH is 1. The number of likely N-dealkylation sites (N-methyl/N-ethyl adjacent to an activating group) is 1. The first-order chi connectivity index (χ1) is 16.5. The van der Waals surface area contributed by atoms with Gasteiger partial charge in [0.2, 0.25) is 5.91 Å². The predicted molar refractivity (Wildman–Crippen MR) is 134 cm³/mol. The number of nitrogens with zero attached hydrogens (tertiary/aromatic N) is 4. The third-order valence-electron chi connectivity index (χ3n) is 6.48. The Labute approximate surface area is 206 Å². The van der Waals surface area contributed by atoms with E-state index < -0.39 is 6.10 Å². The van der Waals surface area contributed by atoms with Crippen molar-refractivity contribution in [1.82, 2.24) is 15.0 Å². The van der Waals surface area contributed by atoms with Crippen LogP contribution in [0, 0.1) is 19.8 Å². The van der Waals surface area contributed by atoms with E-state index in [1.54, 1.807) is 30.7 Å². The van der Waals surface area contributed by atoms with Gasteiger partial charge >= 0.3 is 6.03 Å². The van der Waals surface area contributed by atoms with Crippen molar-refractivity contribution in [3.05, 3.63) is 35.2 Å². The Bertz CT molecular complexity index is 1030. The first kappa shape index (κ1) is 26.3. The lowest BCUT2D eigenvalue weighted by Crippen LogP contribution is -2.48. The largest absolute Gasteiger partial charge is 0.488 e. The lowest BCUT2D eigenvalue weighted by atomic mass is 10.0. The molecule has 0 fully saturated rings. The number of anilines is 2. The summed E-state index contributed by atoms with van der Waals surface area (Å²) in [4.78, 5) is 31.4. The Morgan fingerprint density at radius 2 is 2.03 bits per heavy atom. The maximum Gasteiger partial charge on any atom is 0.321 e. The summed E-state index contributed by atoms with van der Waals surface area (Å²) in [6.45, 7) is 7.90. The Morgan fingerprint density at radius 1 is 1.31 bits per heavy atom. The molecule has 35 heavy (non-hydrogen) atoms. The summed E-state index contributed by atoms with van der Waals surface area (Å²) in [5.41, 5.74) is 2.90. The molecule has 10 heteroatoms. The molecule has 3 amide bonds. The molecule has 2 aromatic rings. The number of urea groups is 1. The van der Waals surface area contributed by atoms with Gasteiger partial charge in [-0.3, -0.25) is 4.79 Å². The quantitative estimate of drug-likeness (QED) is 0.644. The smallest absolute Gasteiger partial charge is 0.321 e. The van der Waals surface area contributed by atoms with Crippen molar-refractivity contribution in [3.8, 4) is 5.75 Å². The lowest BCUT2D eigenvalue weighted by Gasteiger charge is -2.34. The number of aryl methyl sites for hydroxylation is 2. The van der Waals surface area contributed by atoms with Crippen LogP contribution in [0.25, 0.3) is 0 Å². The first-order valence-electron chi connectivity index (χ1n) is 11.8. The second kappa shape index (κ2) is 11.0. The topological polar surface area (TPSA) is 111 Å². The molecule has 0 saturated carbocycles. The van der Waals surface area contributed by atoms with Gasteiger partial charge < -0.3 is 34.4 Å². The molecule has 10 nitrogen and oxygen atoms in total. The summed E-state index contributed by atoms with van der Waals surface area (Å²) >= 11 is 0. The molecular formula is C25H37N5O5. The molecule has 1 aliphatic heterocycles. The van der Waals surface area contributed by atoms with Crippen LogP contribution in [0.3, 0.4) is 0 Å². The molecule has 1 aliphatic rings. The second-order valence-electron chi connectivity index (χ2n) is 9.58. The van der Waals surface area contributed by atoms with Crippen molar-refractivity contribution in [2.24, 2.45) is 5.92 Å². The molecule has 192 valence electrons. The molecule has 3 rings (SSSR count). The van der Waals surface area contributed by atoms with Crippen molar-refractivity contribution in [2.45, 2.75) is 46.3 Å². The summed E-state index contributed by atoms with van der Waals surface area (Å²) in [5.74, 6) is 0.985. The van der Waals surface area contributed by atoms with Crippen LogP contribution < -0.4 is 15.0 Å². The highest BCUT2D eigenvalue weighted by atomic mass is 16.5. The standard InChI is InChI=1S/C25H37N5O5/c1-15-12-30(16(2)14-31)23(32)11-19-10-20(28(5)6)8-9-21(19)34-22(15)13-29(7)25(33)26-24-17(3)27-35-18(24)4/h8-10,15-16,22,31H,11-14H2,1-7H3,(H,26,33)/t15-,16-,22-/m0/s1. The number of aromatic nitrogens is 1. The third-order valence-corrected chi connectivity index (χ3v) is 6.48. The number of hydrogen-bond acceptors (Lipinski definition) is 7. The minimum Gasteiger partial charge on any atom is -0.488 e. The monoisotopic (exact) mass is 487 g/mol. The molecule has 2 N–H and O–H groups in total. The molecule has 0 spiro atoms. The van der Waals surface area contributed by atoms with E-state index in [9.17, 15) is 14.7 Å². The number of amides is 3. The average molecular weight is 488 g/mol. The molecule has 1 aromatic carbocycles. The van der Waals surface area contributed by atoms with E-state index in [4.69, 9.17) is 9.26 Å². The predicted octanol–water partition coefficient (Wildman–Crippen LogP) is 2.67. The van der Waals surface area contributed by atoms with Crippen molar-refractivity contribution in [3.63, 3.8) is 0 Å². The van der Waals surface area contributed by atoms with E-state index in [1.165, 1.54) is 0 Å². The second-order valence-corrected chi connectivity index (χ2v) is 9.58. The van der Waals surface area contributed by atoms with E-state index in [0.29, 0.717) is 36.0 Å². The zero-order valence-corrected chi connectivity index (χ0v) is 21.7. The van der Waals surface area contributed by atoms with Crippen LogP contribution in [0.2, 0.25) is 0 Å². The summed E-state index contributed by atoms with van der Waals surface area (Å²) in [5, 5.41) is 16.5. The molecular weight excluding hydrogens is 450 g/mol. The van der Waals surface area contributed by atoms with Gasteiger partial charge in [-0.05, 0) is 39.0 Å². The number of ether oxygens (including phenoxy) is 1. The van der Waals surface area contributed by atoms with Crippen molar-refractivity contribution >= 4 is 23.3 Å². The zero-order chi connectivity index (χ0) is 25.9. The Kier molecular flexibility index (Phi) is 8.26. The van der Waals surface area contributed by atoms with Crippen LogP contribution in [0.4, 0.5) is 16.2 Å². The Balaban J connectivity index is 1.89. The van der Waals surface area contributed by atoms with Crippen LogP contribution >= 0.6 is 0 Å². The SMILES string of the molecule is Cc1noc(C)c1NC(=O)N(C)C[C@@H]1Oc2ccc(N(C)C)cc2CC(=O)N([C@@H](C)CO)C[C@@H]1C. The molecule has 0 bridgehead atoms. The maximum absolute atomic E-state index is 13.2. The Hall–Kier alpha value is -3.27. The van der Waals surface area contributed by atoms with Gasteiger partial charge in [0.15, 0.2) is 5.76 Å². The molecule has 0 unspecified atom stereocenters. The molecule has 1 aromatic heterocycles. The van der Waals surface area contributed by atoms with Gasteiger partial charge in [0.1, 0.15) is 23.2 Å². The van der Waals surface area contributed by atoms with Crippen LogP contribution in [0.1, 0.15) is 30.9 Å². The van der Waals surface area contributed by atoms with E-state index in [0.717, 1.165) is 11.3 Å². The fraction of sp³-hybridized carbons (Fsp3) is 0.560. The number of nitrogens with one attached hydrogen (secondary N) is 1. The zero-order valence-electron chi connectivity index (χ0n) is 21.7. The Morgan fingerprint density at radius 3 is 2.63 bits per heavy atom. The van der Waals surface area contributed by atoms with Gasteiger partial charge in [0.25, 0.3) is 0 Å². The summed E-state index contributed by atoms with van der Waals surface area (Å²) < 4.78 is 11.6. The average Bonchev–Trinajstić information content (AvgIpc) is 3.15. The fourth-order valence-electron chi connectivity index (χ4n) is 4.13. The highest BCUT2D eigenvalue weighted by Crippen LogP contribution is 2.30. The summed E-state index contributed by atoms with van der Waals surface area (Å²) in [6.07, 6.45) is -0.220. The third kappa shape index (κ3) is 6.05. The van der Waals surface area contributed by atoms with Gasteiger partial charge in [0, 0.05) is 44.9 Å². The van der Waals surface area contributed by atoms with Crippen molar-refractivity contribution in [2.75, 3.05) is 51.1 Å². The van der Waals surface area contributed by atoms with Gasteiger partial charge in [0.05, 0.1) is 25.6 Å². The number of carbonyl (C=O) groups is 2. The van der Waals surface area contributed by atoms with E-state index >= 15 is 0 Å². The van der Waals surface area contributed by atoms with Crippen LogP contribution in [-0.4, -0.2) is 85.0 Å². The van der Waals surface area contributed by atoms with Gasteiger partial charge in [-0.25, -0.2) is 4.79 Å². The summed E-state index contributed by atoms with van der Waals surface area (Å²) in [6, 6.07) is 5.15. The van der Waals surface area contributed by atoms with Gasteiger partial charge in [-0.15, -0.1) is 0 Å². The fourth-order valence-corrected chi connectivity index (χ4v) is 4.13. The van der Waals surface area contributed by atoms with Crippen LogP contribution in [0.5, 0.6) is 5.75 Å². The van der Waals surface area contributed by atoms with E-state index in [-0.39, 0.29) is 36.9 Å². The van der Waals surface area contributed by atoms with Gasteiger partial charge in [-0.1, -0.05) is 12.1 Å². The number of aliphatic hydroxyl groups is 1.